The molecule has 0 aliphatic heterocycles. The van der Waals surface area contributed by atoms with Crippen LogP contribution in [0.1, 0.15) is 76.4 Å². The molecule has 0 bridgehead atoms. The molecule has 2 amide bonds. The first-order valence-electron chi connectivity index (χ1n) is 21.7. The Kier molecular flexibility index (Phi) is 11.6. The zero-order valence-electron chi connectivity index (χ0n) is 37.4. The van der Waals surface area contributed by atoms with Gasteiger partial charge >= 0.3 is 0 Å². The van der Waals surface area contributed by atoms with Crippen molar-refractivity contribution in [3.8, 4) is 130 Å². The van der Waals surface area contributed by atoms with E-state index in [1.807, 2.05) is 48.5 Å². The average molecular weight is 917 g/mol. The fourth-order valence-electron chi connectivity index (χ4n) is 9.53. The highest BCUT2D eigenvalue weighted by Gasteiger charge is 2.49. The second kappa shape index (κ2) is 18.2. The molecule has 0 radical (unpaired) electrons. The Morgan fingerprint density at radius 3 is 1.17 bits per heavy atom. The van der Waals surface area contributed by atoms with E-state index >= 15 is 0 Å². The lowest BCUT2D eigenvalue weighted by Gasteiger charge is -2.37. The molecule has 1 aliphatic rings. The molecule has 0 saturated heterocycles. The number of aromatic hydroxyl groups is 4. The third-order valence-electron chi connectivity index (χ3n) is 12.6. The number of benzene rings is 8. The molecule has 0 spiro atoms. The van der Waals surface area contributed by atoms with Gasteiger partial charge in [-0.15, -0.1) is 38.5 Å². The van der Waals surface area contributed by atoms with E-state index in [0.717, 1.165) is 22.3 Å². The maximum absolute atomic E-state index is 14.3. The number of hydrogen-bond donors (Lipinski definition) is 6. The Hall–Kier alpha value is -10.7. The first kappa shape index (κ1) is 45.4. The van der Waals surface area contributed by atoms with Crippen LogP contribution >= 0.6 is 0 Å². The second-order valence-electron chi connectivity index (χ2n) is 16.4. The number of carbonyl (C=O) groups is 2. The third kappa shape index (κ3) is 7.47. The van der Waals surface area contributed by atoms with E-state index in [-0.39, 0.29) is 67.4 Å². The number of carbonyl (C=O) groups excluding carboxylic acids is 2. The number of hydrogen-bond acceptors (Lipinski definition) is 6. The fourth-order valence-corrected chi connectivity index (χ4v) is 9.53. The number of rotatable bonds is 8. The van der Waals surface area contributed by atoms with Gasteiger partial charge in [0.2, 0.25) is 0 Å². The molecule has 0 saturated carbocycles. The summed E-state index contributed by atoms with van der Waals surface area (Å²) in [6.45, 7) is 0. The number of phenols is 4. The lowest BCUT2D eigenvalue weighted by Crippen LogP contribution is -2.30. The molecule has 8 aromatic rings. The minimum atomic E-state index is -1.46. The van der Waals surface area contributed by atoms with Crippen molar-refractivity contribution in [1.82, 2.24) is 0 Å². The van der Waals surface area contributed by atoms with Crippen LogP contribution in [0.2, 0.25) is 0 Å². The molecular formula is C63H36N2O6. The van der Waals surface area contributed by atoms with Crippen LogP contribution in [-0.4, -0.2) is 32.2 Å². The highest BCUT2D eigenvalue weighted by atomic mass is 16.3. The Labute approximate surface area is 410 Å². The molecule has 8 nitrogen and oxygen atoms in total. The van der Waals surface area contributed by atoms with Crippen molar-refractivity contribution in [2.24, 2.45) is 0 Å². The maximum atomic E-state index is 14.3. The lowest BCUT2D eigenvalue weighted by atomic mass is 9.64. The molecule has 6 N–H and O–H groups in total. The van der Waals surface area contributed by atoms with Crippen molar-refractivity contribution in [2.75, 3.05) is 10.6 Å². The topological polar surface area (TPSA) is 139 Å². The van der Waals surface area contributed by atoms with Crippen LogP contribution in [0.25, 0.3) is 33.4 Å². The molecule has 9 rings (SSSR count). The summed E-state index contributed by atoms with van der Waals surface area (Å²) in [4.78, 5) is 28.6. The van der Waals surface area contributed by atoms with Gasteiger partial charge in [-0.3, -0.25) is 9.59 Å². The number of phenolic OH excluding ortho intramolecular Hbond substituents is 4. The van der Waals surface area contributed by atoms with Crippen LogP contribution in [0.4, 0.5) is 11.4 Å². The first-order chi connectivity index (χ1) is 34.4. The van der Waals surface area contributed by atoms with Gasteiger partial charge in [0, 0.05) is 33.4 Å². The molecule has 0 aromatic heterocycles. The highest BCUT2D eigenvalue weighted by molar-refractivity contribution is 6.10. The molecule has 71 heavy (non-hydrogen) atoms. The summed E-state index contributed by atoms with van der Waals surface area (Å²) in [5.41, 5.74) is 4.61. The lowest BCUT2D eigenvalue weighted by molar-refractivity contribution is 0.101. The molecule has 8 heteroatoms. The van der Waals surface area contributed by atoms with E-state index in [2.05, 4.69) is 46.2 Å². The number of fused-ring (bicyclic) bond motifs is 3. The summed E-state index contributed by atoms with van der Waals surface area (Å²) in [6.07, 6.45) is 35.8. The van der Waals surface area contributed by atoms with Gasteiger partial charge in [0.1, 0.15) is 23.0 Å². The predicted molar refractivity (Wildman–Crippen MR) is 278 cm³/mol. The fraction of sp³-hybridized carbons (Fsp3) is 0.0159. The number of amides is 2. The van der Waals surface area contributed by atoms with Gasteiger partial charge in [-0.1, -0.05) is 108 Å². The van der Waals surface area contributed by atoms with Gasteiger partial charge in [0.15, 0.2) is 0 Å². The van der Waals surface area contributed by atoms with E-state index in [4.69, 9.17) is 38.5 Å². The Morgan fingerprint density at radius 2 is 0.789 bits per heavy atom. The summed E-state index contributed by atoms with van der Waals surface area (Å²) in [5, 5.41) is 52.2. The quantitative estimate of drug-likeness (QED) is 0.0840. The molecule has 0 heterocycles. The zero-order chi connectivity index (χ0) is 50.1. The smallest absolute Gasteiger partial charge is 0.255 e. The van der Waals surface area contributed by atoms with Crippen molar-refractivity contribution in [2.45, 2.75) is 5.41 Å². The van der Waals surface area contributed by atoms with Crippen molar-refractivity contribution >= 4 is 23.2 Å². The highest BCUT2D eigenvalue weighted by Crippen LogP contribution is 2.61. The molecule has 8 aromatic carbocycles. The van der Waals surface area contributed by atoms with E-state index < -0.39 is 28.7 Å². The van der Waals surface area contributed by atoms with E-state index in [1.54, 1.807) is 48.5 Å². The van der Waals surface area contributed by atoms with Crippen molar-refractivity contribution in [1.29, 1.82) is 0 Å². The molecule has 0 atom stereocenters. The molecule has 1 aliphatic carbocycles. The maximum Gasteiger partial charge on any atom is 0.255 e. The normalized spacial score (nSPS) is 11.5. The van der Waals surface area contributed by atoms with Crippen molar-refractivity contribution in [3.63, 3.8) is 0 Å². The molecular weight excluding hydrogens is 881 g/mol. The van der Waals surface area contributed by atoms with Gasteiger partial charge in [-0.2, -0.15) is 0 Å². The van der Waals surface area contributed by atoms with E-state index in [0.29, 0.717) is 33.4 Å². The third-order valence-corrected chi connectivity index (χ3v) is 12.6. The number of anilines is 2. The molecule has 334 valence electrons. The second-order valence-corrected chi connectivity index (χ2v) is 16.4. The summed E-state index contributed by atoms with van der Waals surface area (Å²) in [5.74, 6) is 12.7. The summed E-state index contributed by atoms with van der Waals surface area (Å²) >= 11 is 0. The van der Waals surface area contributed by atoms with E-state index in [9.17, 15) is 30.0 Å². The van der Waals surface area contributed by atoms with Gasteiger partial charge in [0.25, 0.3) is 11.8 Å². The average Bonchev–Trinajstić information content (AvgIpc) is 3.69. The Bertz CT molecular complexity index is 3640. The van der Waals surface area contributed by atoms with Gasteiger partial charge < -0.3 is 31.1 Å². The largest absolute Gasteiger partial charge is 0.508 e. The van der Waals surface area contributed by atoms with Gasteiger partial charge in [-0.25, -0.2) is 0 Å². The Morgan fingerprint density at radius 1 is 0.394 bits per heavy atom. The van der Waals surface area contributed by atoms with Crippen LogP contribution in [-0.2, 0) is 5.41 Å². The van der Waals surface area contributed by atoms with Crippen molar-refractivity contribution < 1.29 is 30.0 Å². The Balaban J connectivity index is 1.42. The first-order valence-corrected chi connectivity index (χ1v) is 21.7. The number of terminal acetylenes is 6. The SMILES string of the molecule is C#Cc1cccc(C(=O)Nc2c(-c3cc(O)ccc3C3(c4ccc(O)cc4-c4cc(C#C)c(O)c(C#C)c4NC(=O)c4cccc(C#C)c4)c4ccccc4-c4ccccc43)cc(C#C)c(O)c2C#C)c1. The van der Waals surface area contributed by atoms with Crippen LogP contribution in [0, 0.1) is 74.1 Å². The van der Waals surface area contributed by atoms with Crippen molar-refractivity contribution in [3.05, 3.63) is 212 Å². The van der Waals surface area contributed by atoms with Crippen LogP contribution in [0.15, 0.2) is 146 Å². The number of nitrogens with one attached hydrogen (secondary N) is 2. The van der Waals surface area contributed by atoms with Gasteiger partial charge in [0.05, 0.1) is 39.0 Å². The standard InChI is InChI=1S/C63H36N2O6/c1-7-37-19-17-21-41(31-37)61(70)64-57-45(11-5)59(68)39(9-3)33-51(57)49-35-43(66)27-29-55(49)63(53-25-15-13-23-47(53)48-24-14-16-26-54(48)63)56-30-28-44(67)36-50(56)52-34-40(10-4)60(69)46(12-6)58(52)65-62(71)42-22-18-20-38(8-2)32-42/h1-6,13-36,66-69H,(H,64,70)(H,65,71). The van der Waals surface area contributed by atoms with Crippen LogP contribution in [0.5, 0.6) is 23.0 Å². The minimum Gasteiger partial charge on any atom is -0.508 e. The molecule has 0 fully saturated rings. The van der Waals surface area contributed by atoms with Gasteiger partial charge in [-0.05, 0) is 117 Å². The van der Waals surface area contributed by atoms with Crippen LogP contribution in [0.3, 0.4) is 0 Å². The summed E-state index contributed by atoms with van der Waals surface area (Å²) in [7, 11) is 0. The zero-order valence-corrected chi connectivity index (χ0v) is 37.4. The summed E-state index contributed by atoms with van der Waals surface area (Å²) < 4.78 is 0. The monoisotopic (exact) mass is 916 g/mol. The minimum absolute atomic E-state index is 0.0117. The predicted octanol–water partition coefficient (Wildman–Crippen LogP) is 10.6. The molecule has 0 unspecified atom stereocenters. The van der Waals surface area contributed by atoms with Crippen LogP contribution < -0.4 is 10.6 Å². The summed E-state index contributed by atoms with van der Waals surface area (Å²) in [6, 6.07) is 40.8. The van der Waals surface area contributed by atoms with E-state index in [1.165, 1.54) is 48.5 Å².